The summed E-state index contributed by atoms with van der Waals surface area (Å²) in [6.07, 6.45) is 3.93. The van der Waals surface area contributed by atoms with Gasteiger partial charge in [-0.2, -0.15) is 0 Å². The highest BCUT2D eigenvalue weighted by atomic mass is 79.9. The maximum Gasteiger partial charge on any atom is 0.242 e. The largest absolute Gasteiger partial charge is 0.343 e. The molecule has 0 radical (unpaired) electrons. The molecule has 1 aliphatic carbocycles. The maximum atomic E-state index is 12.5. The van der Waals surface area contributed by atoms with E-state index in [0.717, 1.165) is 36.7 Å². The molecule has 1 unspecified atom stereocenters. The molecule has 3 nitrogen and oxygen atoms in total. The molecule has 5 heteroatoms. The van der Waals surface area contributed by atoms with Gasteiger partial charge in [-0.05, 0) is 43.9 Å². The molecule has 124 valence electrons. The number of amides is 1. The average molecular weight is 390 g/mol. The summed E-state index contributed by atoms with van der Waals surface area (Å²) in [6.45, 7) is 4.65. The molecule has 0 aliphatic heterocycles. The van der Waals surface area contributed by atoms with E-state index in [4.69, 9.17) is 5.73 Å². The van der Waals surface area contributed by atoms with Gasteiger partial charge in [0.05, 0.1) is 5.54 Å². The Morgan fingerprint density at radius 2 is 1.91 bits per heavy atom. The topological polar surface area (TPSA) is 46.3 Å². The van der Waals surface area contributed by atoms with E-state index in [-0.39, 0.29) is 23.7 Å². The van der Waals surface area contributed by atoms with Crippen LogP contribution >= 0.6 is 28.3 Å². The molecule has 1 aromatic rings. The van der Waals surface area contributed by atoms with Crippen LogP contribution in [-0.4, -0.2) is 29.9 Å². The van der Waals surface area contributed by atoms with E-state index < -0.39 is 5.54 Å². The lowest BCUT2D eigenvalue weighted by Gasteiger charge is -2.31. The number of nitrogens with zero attached hydrogens (tertiary/aromatic N) is 1. The number of benzene rings is 1. The quantitative estimate of drug-likeness (QED) is 0.802. The van der Waals surface area contributed by atoms with Gasteiger partial charge in [-0.1, -0.05) is 41.4 Å². The van der Waals surface area contributed by atoms with Gasteiger partial charge < -0.3 is 10.6 Å². The molecule has 0 heterocycles. The van der Waals surface area contributed by atoms with Gasteiger partial charge in [0.1, 0.15) is 0 Å². The minimum atomic E-state index is -0.751. The van der Waals surface area contributed by atoms with Crippen molar-refractivity contribution in [1.29, 1.82) is 0 Å². The van der Waals surface area contributed by atoms with Gasteiger partial charge in [0.15, 0.2) is 0 Å². The molecule has 0 bridgehead atoms. The van der Waals surface area contributed by atoms with Crippen LogP contribution in [0.2, 0.25) is 0 Å². The van der Waals surface area contributed by atoms with Gasteiger partial charge in [0.25, 0.3) is 0 Å². The standard InChI is InChI=1S/C17H25BrN2O.ClH/c1-4-9-16(2,19)15(21)20(3)12-17(10-11-17)13-5-7-14(18)8-6-13;/h5-8H,4,9-12,19H2,1-3H3;1H. The Hall–Kier alpha value is -0.580. The fourth-order valence-corrected chi connectivity index (χ4v) is 3.34. The monoisotopic (exact) mass is 388 g/mol. The molecule has 22 heavy (non-hydrogen) atoms. The summed E-state index contributed by atoms with van der Waals surface area (Å²) < 4.78 is 1.09. The summed E-state index contributed by atoms with van der Waals surface area (Å²) in [6, 6.07) is 8.45. The van der Waals surface area contributed by atoms with Crippen molar-refractivity contribution < 1.29 is 4.79 Å². The molecule has 0 saturated heterocycles. The summed E-state index contributed by atoms with van der Waals surface area (Å²) in [5, 5.41) is 0. The zero-order valence-corrected chi connectivity index (χ0v) is 16.0. The Labute approximate surface area is 148 Å². The van der Waals surface area contributed by atoms with Crippen LogP contribution in [0.1, 0.15) is 45.1 Å². The van der Waals surface area contributed by atoms with Crippen molar-refractivity contribution >= 4 is 34.2 Å². The first-order valence-electron chi connectivity index (χ1n) is 7.61. The highest BCUT2D eigenvalue weighted by Gasteiger charge is 2.46. The first-order chi connectivity index (χ1) is 9.81. The first-order valence-corrected chi connectivity index (χ1v) is 8.40. The second-order valence-electron chi connectivity index (χ2n) is 6.62. The lowest BCUT2D eigenvalue weighted by atomic mass is 9.92. The molecular weight excluding hydrogens is 364 g/mol. The van der Waals surface area contributed by atoms with Crippen LogP contribution in [-0.2, 0) is 10.2 Å². The van der Waals surface area contributed by atoms with Crippen molar-refractivity contribution in [3.63, 3.8) is 0 Å². The van der Waals surface area contributed by atoms with Crippen molar-refractivity contribution in [3.8, 4) is 0 Å². The number of carbonyl (C=O) groups is 1. The van der Waals surface area contributed by atoms with E-state index in [1.54, 1.807) is 0 Å². The molecule has 1 fully saturated rings. The van der Waals surface area contributed by atoms with Crippen LogP contribution in [0.15, 0.2) is 28.7 Å². The van der Waals surface area contributed by atoms with Crippen LogP contribution in [0.3, 0.4) is 0 Å². The average Bonchev–Trinajstić information content (AvgIpc) is 3.19. The molecule has 0 aromatic heterocycles. The SMILES string of the molecule is CCCC(C)(N)C(=O)N(C)CC1(c2ccc(Br)cc2)CC1.Cl. The number of hydrogen-bond acceptors (Lipinski definition) is 2. The Morgan fingerprint density at radius 1 is 1.36 bits per heavy atom. The fourth-order valence-electron chi connectivity index (χ4n) is 3.08. The van der Waals surface area contributed by atoms with Crippen molar-refractivity contribution in [2.75, 3.05) is 13.6 Å². The summed E-state index contributed by atoms with van der Waals surface area (Å²) in [7, 11) is 1.88. The number of rotatable bonds is 6. The smallest absolute Gasteiger partial charge is 0.242 e. The highest BCUT2D eigenvalue weighted by Crippen LogP contribution is 2.48. The van der Waals surface area contributed by atoms with Crippen LogP contribution in [0, 0.1) is 0 Å². The Kier molecular flexibility index (Phi) is 6.48. The van der Waals surface area contributed by atoms with Gasteiger partial charge in [-0.15, -0.1) is 12.4 Å². The number of likely N-dealkylation sites (N-methyl/N-ethyl adjacent to an activating group) is 1. The van der Waals surface area contributed by atoms with Gasteiger partial charge >= 0.3 is 0 Å². The molecule has 2 rings (SSSR count). The van der Waals surface area contributed by atoms with Crippen LogP contribution in [0.5, 0.6) is 0 Å². The zero-order chi connectivity index (χ0) is 15.7. The molecule has 1 aromatic carbocycles. The summed E-state index contributed by atoms with van der Waals surface area (Å²) in [5.41, 5.74) is 6.87. The molecule has 1 amide bonds. The van der Waals surface area contributed by atoms with E-state index in [1.807, 2.05) is 18.9 Å². The maximum absolute atomic E-state index is 12.5. The van der Waals surface area contributed by atoms with Gasteiger partial charge in [-0.25, -0.2) is 0 Å². The molecule has 1 atom stereocenters. The predicted octanol–water partition coefficient (Wildman–Crippen LogP) is 3.88. The van der Waals surface area contributed by atoms with Gasteiger partial charge in [0.2, 0.25) is 5.91 Å². The minimum absolute atomic E-state index is 0. The van der Waals surface area contributed by atoms with Crippen LogP contribution < -0.4 is 5.73 Å². The minimum Gasteiger partial charge on any atom is -0.343 e. The number of carbonyl (C=O) groups excluding carboxylic acids is 1. The van der Waals surface area contributed by atoms with E-state index in [0.29, 0.717) is 0 Å². The molecule has 2 N–H and O–H groups in total. The summed E-state index contributed by atoms with van der Waals surface area (Å²) in [4.78, 5) is 14.4. The predicted molar refractivity (Wildman–Crippen MR) is 97.4 cm³/mol. The van der Waals surface area contributed by atoms with E-state index in [9.17, 15) is 4.79 Å². The summed E-state index contributed by atoms with van der Waals surface area (Å²) >= 11 is 3.47. The molecule has 1 aliphatic rings. The van der Waals surface area contributed by atoms with Gasteiger partial charge in [-0.3, -0.25) is 4.79 Å². The van der Waals surface area contributed by atoms with Crippen molar-refractivity contribution in [3.05, 3.63) is 34.3 Å². The second kappa shape index (κ2) is 7.33. The third-order valence-electron chi connectivity index (χ3n) is 4.45. The molecular formula is C17H26BrClN2O. The number of halogens is 2. The Morgan fingerprint density at radius 3 is 2.36 bits per heavy atom. The number of nitrogens with two attached hydrogens (primary N) is 1. The summed E-state index contributed by atoms with van der Waals surface area (Å²) in [5.74, 6) is 0.0488. The number of hydrogen-bond donors (Lipinski definition) is 1. The van der Waals surface area contributed by atoms with Crippen molar-refractivity contribution in [2.45, 2.75) is 50.5 Å². The van der Waals surface area contributed by atoms with E-state index in [2.05, 4.69) is 47.1 Å². The lowest BCUT2D eigenvalue weighted by Crippen LogP contribution is -2.53. The van der Waals surface area contributed by atoms with Crippen molar-refractivity contribution in [2.24, 2.45) is 5.73 Å². The third kappa shape index (κ3) is 4.24. The third-order valence-corrected chi connectivity index (χ3v) is 4.98. The van der Waals surface area contributed by atoms with Crippen LogP contribution in [0.25, 0.3) is 0 Å². The Balaban J connectivity index is 0.00000242. The Bertz CT molecular complexity index is 512. The molecule has 1 saturated carbocycles. The fraction of sp³-hybridized carbons (Fsp3) is 0.588. The van der Waals surface area contributed by atoms with Crippen molar-refractivity contribution in [1.82, 2.24) is 4.90 Å². The highest BCUT2D eigenvalue weighted by molar-refractivity contribution is 9.10. The van der Waals surface area contributed by atoms with Gasteiger partial charge in [0, 0.05) is 23.5 Å². The first kappa shape index (κ1) is 19.5. The second-order valence-corrected chi connectivity index (χ2v) is 7.53. The normalized spacial score (nSPS) is 18.0. The molecule has 0 spiro atoms. The van der Waals surface area contributed by atoms with Crippen LogP contribution in [0.4, 0.5) is 0 Å². The van der Waals surface area contributed by atoms with E-state index in [1.165, 1.54) is 5.56 Å². The lowest BCUT2D eigenvalue weighted by molar-refractivity contribution is -0.135. The zero-order valence-electron chi connectivity index (χ0n) is 13.6. The van der Waals surface area contributed by atoms with E-state index >= 15 is 0 Å².